The number of hydrogen-bond acceptors (Lipinski definition) is 2. The lowest BCUT2D eigenvalue weighted by atomic mass is 9.89. The molecule has 0 aliphatic carbocycles. The Labute approximate surface area is 162 Å². The molecule has 2 aromatic rings. The Morgan fingerprint density at radius 2 is 1.56 bits per heavy atom. The fourth-order valence-electron chi connectivity index (χ4n) is 2.73. The van der Waals surface area contributed by atoms with Crippen molar-refractivity contribution in [2.45, 2.75) is 11.8 Å². The highest BCUT2D eigenvalue weighted by Crippen LogP contribution is 2.36. The fourth-order valence-corrected chi connectivity index (χ4v) is 3.26. The lowest BCUT2D eigenvalue weighted by Crippen LogP contribution is -2.53. The van der Waals surface area contributed by atoms with E-state index in [9.17, 15) is 22.4 Å². The molecule has 8 heteroatoms. The topological polar surface area (TPSA) is 29.1 Å². The van der Waals surface area contributed by atoms with Gasteiger partial charge in [-0.2, -0.15) is 13.2 Å². The molecule has 1 aliphatic heterocycles. The van der Waals surface area contributed by atoms with Crippen LogP contribution in [0.5, 0.6) is 0 Å². The van der Waals surface area contributed by atoms with Crippen molar-refractivity contribution in [1.82, 2.24) is 5.32 Å². The Kier molecular flexibility index (Phi) is 5.34. The molecule has 142 valence electrons. The van der Waals surface area contributed by atoms with Crippen LogP contribution in [-0.2, 0) is 5.67 Å². The van der Waals surface area contributed by atoms with Gasteiger partial charge >= 0.3 is 6.18 Å². The average molecular weight is 418 g/mol. The van der Waals surface area contributed by atoms with E-state index in [2.05, 4.69) is 5.32 Å². The minimum Gasteiger partial charge on any atom is -0.310 e. The summed E-state index contributed by atoms with van der Waals surface area (Å²) in [5, 5.41) is 2.85. The number of benzene rings is 2. The van der Waals surface area contributed by atoms with Crippen LogP contribution in [0.3, 0.4) is 0 Å². The molecule has 0 aromatic heterocycles. The zero-order valence-corrected chi connectivity index (χ0v) is 15.2. The first-order valence-electron chi connectivity index (χ1n) is 7.88. The number of alkyl halides is 4. The molecule has 0 atom stereocenters. The van der Waals surface area contributed by atoms with E-state index in [4.69, 9.17) is 23.2 Å². The predicted molar refractivity (Wildman–Crippen MR) is 96.9 cm³/mol. The third-order valence-electron chi connectivity index (χ3n) is 4.25. The van der Waals surface area contributed by atoms with Crippen LogP contribution >= 0.6 is 23.2 Å². The van der Waals surface area contributed by atoms with Crippen molar-refractivity contribution >= 4 is 34.6 Å². The molecule has 2 aromatic carbocycles. The molecular weight excluding hydrogens is 405 g/mol. The standard InChI is InChI=1S/C19H13Cl2F4NO/c20-14-5-12(6-15(21)7-14)16(19(23,24)25)8-17(27)11-1-3-13(4-2-11)18(22)9-26-10-18/h1-8,26H,9-10H2/b16-8+. The van der Waals surface area contributed by atoms with Gasteiger partial charge in [-0.25, -0.2) is 4.39 Å². The average Bonchev–Trinajstić information content (AvgIpc) is 2.55. The maximum absolute atomic E-state index is 14.3. The van der Waals surface area contributed by atoms with Gasteiger partial charge in [0.1, 0.15) is 0 Å². The quantitative estimate of drug-likeness (QED) is 0.399. The van der Waals surface area contributed by atoms with Crippen molar-refractivity contribution < 1.29 is 22.4 Å². The largest absolute Gasteiger partial charge is 0.417 e. The fraction of sp³-hybridized carbons (Fsp3) is 0.211. The number of carbonyl (C=O) groups excluding carboxylic acids is 1. The summed E-state index contributed by atoms with van der Waals surface area (Å²) in [7, 11) is 0. The Balaban J connectivity index is 1.94. The van der Waals surface area contributed by atoms with Crippen molar-refractivity contribution in [3.05, 3.63) is 75.3 Å². The van der Waals surface area contributed by atoms with Gasteiger partial charge in [-0.05, 0) is 35.4 Å². The summed E-state index contributed by atoms with van der Waals surface area (Å²) in [6, 6.07) is 8.90. The molecule has 0 spiro atoms. The number of nitrogens with one attached hydrogen (secondary N) is 1. The first-order chi connectivity index (χ1) is 12.6. The summed E-state index contributed by atoms with van der Waals surface area (Å²) in [6.07, 6.45) is -4.29. The van der Waals surface area contributed by atoms with E-state index < -0.39 is 23.2 Å². The summed E-state index contributed by atoms with van der Waals surface area (Å²) < 4.78 is 54.7. The van der Waals surface area contributed by atoms with Gasteiger partial charge in [0.2, 0.25) is 0 Å². The minimum atomic E-state index is -4.79. The molecule has 1 aliphatic rings. The molecule has 1 saturated heterocycles. The van der Waals surface area contributed by atoms with Gasteiger partial charge in [0, 0.05) is 28.7 Å². The summed E-state index contributed by atoms with van der Waals surface area (Å²) in [4.78, 5) is 12.3. The maximum Gasteiger partial charge on any atom is 0.417 e. The Hall–Kier alpha value is -1.89. The SMILES string of the molecule is O=C(/C=C(\c1cc(Cl)cc(Cl)c1)C(F)(F)F)c1ccc(C2(F)CNC2)cc1. The second-order valence-electron chi connectivity index (χ2n) is 6.22. The molecule has 0 radical (unpaired) electrons. The van der Waals surface area contributed by atoms with Gasteiger partial charge in [0.05, 0.1) is 5.57 Å². The van der Waals surface area contributed by atoms with Crippen LogP contribution in [0.2, 0.25) is 10.0 Å². The van der Waals surface area contributed by atoms with E-state index in [-0.39, 0.29) is 34.3 Å². The summed E-state index contributed by atoms with van der Waals surface area (Å²) in [5.41, 5.74) is -2.59. The van der Waals surface area contributed by atoms with Crippen molar-refractivity contribution in [3.8, 4) is 0 Å². The Morgan fingerprint density at radius 3 is 2.00 bits per heavy atom. The summed E-state index contributed by atoms with van der Waals surface area (Å²) in [5.74, 6) is -0.857. The van der Waals surface area contributed by atoms with E-state index in [1.54, 1.807) is 0 Å². The highest BCUT2D eigenvalue weighted by atomic mass is 35.5. The Bertz CT molecular complexity index is 883. The third-order valence-corrected chi connectivity index (χ3v) is 4.69. The van der Waals surface area contributed by atoms with Crippen LogP contribution in [0.4, 0.5) is 17.6 Å². The number of hydrogen-bond donors (Lipinski definition) is 1. The molecule has 1 N–H and O–H groups in total. The van der Waals surface area contributed by atoms with E-state index >= 15 is 0 Å². The van der Waals surface area contributed by atoms with Gasteiger partial charge in [-0.3, -0.25) is 4.79 Å². The van der Waals surface area contributed by atoms with Gasteiger partial charge in [0.25, 0.3) is 0 Å². The van der Waals surface area contributed by atoms with Crippen LogP contribution in [0.1, 0.15) is 21.5 Å². The first-order valence-corrected chi connectivity index (χ1v) is 8.64. The van der Waals surface area contributed by atoms with E-state index in [0.717, 1.165) is 12.1 Å². The molecule has 3 rings (SSSR count). The summed E-state index contributed by atoms with van der Waals surface area (Å²) >= 11 is 11.5. The molecular formula is C19H13Cl2F4NO. The number of carbonyl (C=O) groups is 1. The molecule has 1 fully saturated rings. The normalized spacial score (nSPS) is 16.7. The first kappa shape index (κ1) is 19.9. The lowest BCUT2D eigenvalue weighted by molar-refractivity contribution is -0.0689. The Morgan fingerprint density at radius 1 is 1.00 bits per heavy atom. The lowest BCUT2D eigenvalue weighted by Gasteiger charge is -2.35. The van der Waals surface area contributed by atoms with Gasteiger partial charge in [-0.1, -0.05) is 47.5 Å². The van der Waals surface area contributed by atoms with Crippen molar-refractivity contribution in [1.29, 1.82) is 0 Å². The molecule has 1 heterocycles. The zero-order valence-electron chi connectivity index (χ0n) is 13.7. The van der Waals surface area contributed by atoms with Gasteiger partial charge in [-0.15, -0.1) is 0 Å². The van der Waals surface area contributed by atoms with Crippen LogP contribution in [0.15, 0.2) is 48.5 Å². The van der Waals surface area contributed by atoms with Crippen LogP contribution in [-0.4, -0.2) is 25.0 Å². The number of ketones is 1. The van der Waals surface area contributed by atoms with Gasteiger partial charge in [0.15, 0.2) is 11.5 Å². The number of allylic oxidation sites excluding steroid dienone is 2. The smallest absolute Gasteiger partial charge is 0.310 e. The highest BCUT2D eigenvalue weighted by Gasteiger charge is 2.39. The maximum atomic E-state index is 14.3. The van der Waals surface area contributed by atoms with E-state index in [0.29, 0.717) is 11.6 Å². The zero-order chi connectivity index (χ0) is 19.8. The minimum absolute atomic E-state index is 0.0181. The number of halogens is 6. The molecule has 0 bridgehead atoms. The van der Waals surface area contributed by atoms with Crippen molar-refractivity contribution in [3.63, 3.8) is 0 Å². The second-order valence-corrected chi connectivity index (χ2v) is 7.10. The summed E-state index contributed by atoms with van der Waals surface area (Å²) in [6.45, 7) is 0.321. The molecule has 0 unspecified atom stereocenters. The monoisotopic (exact) mass is 417 g/mol. The number of rotatable bonds is 4. The predicted octanol–water partition coefficient (Wildman–Crippen LogP) is 5.59. The molecule has 0 saturated carbocycles. The van der Waals surface area contributed by atoms with Crippen LogP contribution < -0.4 is 5.32 Å². The van der Waals surface area contributed by atoms with Crippen molar-refractivity contribution in [2.75, 3.05) is 13.1 Å². The van der Waals surface area contributed by atoms with E-state index in [1.165, 1.54) is 30.3 Å². The van der Waals surface area contributed by atoms with Crippen molar-refractivity contribution in [2.24, 2.45) is 0 Å². The highest BCUT2D eigenvalue weighted by molar-refractivity contribution is 6.35. The molecule has 2 nitrogen and oxygen atoms in total. The molecule has 27 heavy (non-hydrogen) atoms. The van der Waals surface area contributed by atoms with E-state index in [1.807, 2.05) is 0 Å². The second kappa shape index (κ2) is 7.26. The van der Waals surface area contributed by atoms with Gasteiger partial charge < -0.3 is 5.32 Å². The third kappa shape index (κ3) is 4.34. The van der Waals surface area contributed by atoms with Crippen LogP contribution in [0.25, 0.3) is 5.57 Å². The molecule has 0 amide bonds. The van der Waals surface area contributed by atoms with Crippen LogP contribution in [0, 0.1) is 0 Å².